The second-order valence-corrected chi connectivity index (χ2v) is 4.33. The van der Waals surface area contributed by atoms with E-state index in [4.69, 9.17) is 9.84 Å². The van der Waals surface area contributed by atoms with Crippen LogP contribution < -0.4 is 0 Å². The number of nitrogens with zero attached hydrogens (tertiary/aromatic N) is 2. The largest absolute Gasteiger partial charge is 0.481 e. The molecule has 0 bridgehead atoms. The molecule has 1 heterocycles. The van der Waals surface area contributed by atoms with Crippen molar-refractivity contribution in [2.45, 2.75) is 6.04 Å². The Bertz CT molecular complexity index is 221. The highest BCUT2D eigenvalue weighted by atomic mass is 16.5. The number of hydrogen-bond donors (Lipinski definition) is 1. The maximum absolute atomic E-state index is 10.9. The van der Waals surface area contributed by atoms with Gasteiger partial charge in [-0.15, -0.1) is 0 Å². The molecule has 2 unspecified atom stereocenters. The van der Waals surface area contributed by atoms with Crippen molar-refractivity contribution >= 4 is 5.97 Å². The number of likely N-dealkylation sites (N-methyl/N-ethyl adjacent to an activating group) is 2. The number of ether oxygens (including phenoxy) is 1. The molecule has 88 valence electrons. The Morgan fingerprint density at radius 3 is 2.53 bits per heavy atom. The average molecular weight is 216 g/mol. The summed E-state index contributed by atoms with van der Waals surface area (Å²) in [5.41, 5.74) is 0. The second-order valence-electron chi connectivity index (χ2n) is 4.33. The first-order chi connectivity index (χ1) is 7.02. The lowest BCUT2D eigenvalue weighted by Gasteiger charge is -2.27. The molecule has 0 aromatic heterocycles. The molecule has 1 aliphatic heterocycles. The van der Waals surface area contributed by atoms with E-state index in [1.165, 1.54) is 0 Å². The summed E-state index contributed by atoms with van der Waals surface area (Å²) in [6, 6.07) is 0.0162. The predicted molar refractivity (Wildman–Crippen MR) is 56.9 cm³/mol. The van der Waals surface area contributed by atoms with E-state index in [0.29, 0.717) is 13.2 Å². The van der Waals surface area contributed by atoms with Gasteiger partial charge in [0.25, 0.3) is 0 Å². The molecule has 0 radical (unpaired) electrons. The second kappa shape index (κ2) is 5.44. The third-order valence-electron chi connectivity index (χ3n) is 2.83. The molecule has 2 atom stereocenters. The average Bonchev–Trinajstić information content (AvgIpc) is 2.62. The lowest BCUT2D eigenvalue weighted by molar-refractivity contribution is -0.143. The third kappa shape index (κ3) is 3.44. The summed E-state index contributed by atoms with van der Waals surface area (Å²) in [6.07, 6.45) is 0. The summed E-state index contributed by atoms with van der Waals surface area (Å²) in [7, 11) is 5.97. The fraction of sp³-hybridized carbons (Fsp3) is 0.900. The van der Waals surface area contributed by atoms with Crippen LogP contribution in [0.4, 0.5) is 0 Å². The van der Waals surface area contributed by atoms with E-state index in [2.05, 4.69) is 9.80 Å². The van der Waals surface area contributed by atoms with Gasteiger partial charge in [-0.3, -0.25) is 9.69 Å². The van der Waals surface area contributed by atoms with Gasteiger partial charge >= 0.3 is 5.97 Å². The summed E-state index contributed by atoms with van der Waals surface area (Å²) >= 11 is 0. The Kier molecular flexibility index (Phi) is 4.50. The van der Waals surface area contributed by atoms with Crippen LogP contribution in [0.1, 0.15) is 0 Å². The van der Waals surface area contributed by atoms with E-state index in [9.17, 15) is 4.79 Å². The van der Waals surface area contributed by atoms with E-state index < -0.39 is 5.97 Å². The van der Waals surface area contributed by atoms with Crippen molar-refractivity contribution in [3.63, 3.8) is 0 Å². The first-order valence-electron chi connectivity index (χ1n) is 5.18. The Hall–Kier alpha value is -0.650. The van der Waals surface area contributed by atoms with Gasteiger partial charge in [0.2, 0.25) is 0 Å². The van der Waals surface area contributed by atoms with Gasteiger partial charge in [-0.05, 0) is 21.1 Å². The van der Waals surface area contributed by atoms with Crippen LogP contribution in [-0.4, -0.2) is 74.4 Å². The molecule has 0 amide bonds. The van der Waals surface area contributed by atoms with Crippen LogP contribution in [0, 0.1) is 5.92 Å². The Balaban J connectivity index is 2.43. The molecule has 5 heteroatoms. The van der Waals surface area contributed by atoms with Gasteiger partial charge in [-0.25, -0.2) is 0 Å². The smallest absolute Gasteiger partial charge is 0.310 e. The first kappa shape index (κ1) is 12.4. The molecular weight excluding hydrogens is 196 g/mol. The van der Waals surface area contributed by atoms with Crippen molar-refractivity contribution in [1.29, 1.82) is 0 Å². The molecular formula is C10H20N2O3. The summed E-state index contributed by atoms with van der Waals surface area (Å²) < 4.78 is 5.22. The minimum atomic E-state index is -0.755. The van der Waals surface area contributed by atoms with Crippen LogP contribution in [0.2, 0.25) is 0 Å². The van der Waals surface area contributed by atoms with Gasteiger partial charge in [-0.2, -0.15) is 0 Å². The summed E-state index contributed by atoms with van der Waals surface area (Å²) in [4.78, 5) is 15.1. The van der Waals surface area contributed by atoms with Crippen LogP contribution >= 0.6 is 0 Å². The fourth-order valence-corrected chi connectivity index (χ4v) is 1.74. The van der Waals surface area contributed by atoms with Crippen molar-refractivity contribution in [3.8, 4) is 0 Å². The third-order valence-corrected chi connectivity index (χ3v) is 2.83. The zero-order chi connectivity index (χ0) is 11.4. The van der Waals surface area contributed by atoms with Crippen LogP contribution in [0.5, 0.6) is 0 Å². The van der Waals surface area contributed by atoms with E-state index >= 15 is 0 Å². The van der Waals surface area contributed by atoms with E-state index in [1.807, 2.05) is 21.1 Å². The van der Waals surface area contributed by atoms with E-state index in [1.54, 1.807) is 0 Å². The SMILES string of the molecule is CN(C)CCN(C)C1COCC1C(=O)O. The lowest BCUT2D eigenvalue weighted by Crippen LogP contribution is -2.43. The van der Waals surface area contributed by atoms with Gasteiger partial charge < -0.3 is 14.7 Å². The maximum atomic E-state index is 10.9. The number of aliphatic carboxylic acids is 1. The van der Waals surface area contributed by atoms with Crippen molar-refractivity contribution in [2.75, 3.05) is 47.4 Å². The minimum absolute atomic E-state index is 0.0162. The Morgan fingerprint density at radius 1 is 1.33 bits per heavy atom. The normalized spacial score (nSPS) is 26.5. The van der Waals surface area contributed by atoms with E-state index in [0.717, 1.165) is 13.1 Å². The van der Waals surface area contributed by atoms with Crippen LogP contribution in [0.25, 0.3) is 0 Å². The van der Waals surface area contributed by atoms with E-state index in [-0.39, 0.29) is 12.0 Å². The number of carbonyl (C=O) groups is 1. The highest BCUT2D eigenvalue weighted by Gasteiger charge is 2.36. The summed E-state index contributed by atoms with van der Waals surface area (Å²) in [5, 5.41) is 8.99. The van der Waals surface area contributed by atoms with Crippen molar-refractivity contribution < 1.29 is 14.6 Å². The fourth-order valence-electron chi connectivity index (χ4n) is 1.74. The highest BCUT2D eigenvalue weighted by Crippen LogP contribution is 2.18. The van der Waals surface area contributed by atoms with Crippen molar-refractivity contribution in [2.24, 2.45) is 5.92 Å². The molecule has 0 aromatic carbocycles. The van der Waals surface area contributed by atoms with Gasteiger partial charge in [0.05, 0.1) is 19.1 Å². The summed E-state index contributed by atoms with van der Waals surface area (Å²) in [5.74, 6) is -1.13. The quantitative estimate of drug-likeness (QED) is 0.676. The molecule has 15 heavy (non-hydrogen) atoms. The Morgan fingerprint density at radius 2 is 2.00 bits per heavy atom. The molecule has 1 saturated heterocycles. The minimum Gasteiger partial charge on any atom is -0.481 e. The molecule has 1 aliphatic rings. The van der Waals surface area contributed by atoms with Crippen molar-refractivity contribution in [1.82, 2.24) is 9.80 Å². The lowest BCUT2D eigenvalue weighted by atomic mass is 10.0. The number of carboxylic acids is 1. The molecule has 1 rings (SSSR count). The molecule has 1 fully saturated rings. The number of hydrogen-bond acceptors (Lipinski definition) is 4. The molecule has 0 saturated carbocycles. The predicted octanol–water partition coefficient (Wildman–Crippen LogP) is -0.421. The van der Waals surface area contributed by atoms with Gasteiger partial charge in [0.1, 0.15) is 0 Å². The van der Waals surface area contributed by atoms with Gasteiger partial charge in [0, 0.05) is 19.1 Å². The molecule has 1 N–H and O–H groups in total. The van der Waals surface area contributed by atoms with Crippen LogP contribution in [-0.2, 0) is 9.53 Å². The van der Waals surface area contributed by atoms with Crippen LogP contribution in [0.15, 0.2) is 0 Å². The Labute approximate surface area is 90.6 Å². The summed E-state index contributed by atoms with van der Waals surface area (Å²) in [6.45, 7) is 2.66. The van der Waals surface area contributed by atoms with Gasteiger partial charge in [-0.1, -0.05) is 0 Å². The monoisotopic (exact) mass is 216 g/mol. The zero-order valence-corrected chi connectivity index (χ0v) is 9.64. The van der Waals surface area contributed by atoms with Crippen molar-refractivity contribution in [3.05, 3.63) is 0 Å². The zero-order valence-electron chi connectivity index (χ0n) is 9.64. The van der Waals surface area contributed by atoms with Crippen LogP contribution in [0.3, 0.4) is 0 Å². The standard InChI is InChI=1S/C10H20N2O3/c1-11(2)4-5-12(3)9-7-15-6-8(9)10(13)14/h8-9H,4-7H2,1-3H3,(H,13,14). The number of carboxylic acid groups (broad SMARTS) is 1. The highest BCUT2D eigenvalue weighted by molar-refractivity contribution is 5.71. The van der Waals surface area contributed by atoms with Gasteiger partial charge in [0.15, 0.2) is 0 Å². The number of rotatable bonds is 5. The molecule has 0 aliphatic carbocycles. The molecule has 0 spiro atoms. The topological polar surface area (TPSA) is 53.0 Å². The maximum Gasteiger partial charge on any atom is 0.310 e. The first-order valence-corrected chi connectivity index (χ1v) is 5.18. The molecule has 5 nitrogen and oxygen atoms in total. The molecule has 0 aromatic rings.